The number of carbonyl (C=O) groups excluding carboxylic acids is 1. The summed E-state index contributed by atoms with van der Waals surface area (Å²) in [5.74, 6) is -0.168. The molecule has 29 heavy (non-hydrogen) atoms. The Bertz CT molecular complexity index is 1080. The molecule has 3 aromatic rings. The van der Waals surface area contributed by atoms with Gasteiger partial charge in [0.2, 0.25) is 5.91 Å². The number of aliphatic hydroxyl groups excluding tert-OH is 1. The molecule has 4 rings (SSSR count). The van der Waals surface area contributed by atoms with E-state index in [0.717, 1.165) is 11.1 Å². The smallest absolute Gasteiger partial charge is 0.237 e. The van der Waals surface area contributed by atoms with Gasteiger partial charge in [-0.25, -0.2) is 18.1 Å². The summed E-state index contributed by atoms with van der Waals surface area (Å²) in [5.41, 5.74) is 3.78. The highest BCUT2D eigenvalue weighted by atomic mass is 32.2. The van der Waals surface area contributed by atoms with Crippen molar-refractivity contribution in [2.24, 2.45) is 0 Å². The van der Waals surface area contributed by atoms with Gasteiger partial charge in [0.25, 0.3) is 0 Å². The number of β-amino-alcohol motifs (C(OH)–C–C–N with tert-alkyl or cyclic N) is 1. The van der Waals surface area contributed by atoms with Gasteiger partial charge in [-0.2, -0.15) is 0 Å². The Kier molecular flexibility index (Phi) is 5.44. The SMILES string of the molecule is Cc1ccc(S(=O)n2cc(C)c3nc(CNC(=O)C4CC(O)CN4)cnc32)cc1. The fourth-order valence-electron chi connectivity index (χ4n) is 3.34. The van der Waals surface area contributed by atoms with Gasteiger partial charge in [-0.15, -0.1) is 0 Å². The van der Waals surface area contributed by atoms with Crippen molar-refractivity contribution in [3.63, 3.8) is 0 Å². The zero-order chi connectivity index (χ0) is 20.5. The number of aliphatic hydroxyl groups is 1. The third-order valence-electron chi connectivity index (χ3n) is 4.97. The van der Waals surface area contributed by atoms with Crippen molar-refractivity contribution in [3.05, 3.63) is 53.5 Å². The van der Waals surface area contributed by atoms with E-state index >= 15 is 0 Å². The molecule has 8 nitrogen and oxygen atoms in total. The van der Waals surface area contributed by atoms with Gasteiger partial charge >= 0.3 is 0 Å². The highest BCUT2D eigenvalue weighted by molar-refractivity contribution is 7.83. The van der Waals surface area contributed by atoms with Crippen LogP contribution in [0.5, 0.6) is 0 Å². The number of hydrogen-bond donors (Lipinski definition) is 3. The van der Waals surface area contributed by atoms with Gasteiger partial charge in [-0.05, 0) is 38.0 Å². The van der Waals surface area contributed by atoms with E-state index in [1.807, 2.05) is 38.1 Å². The molecule has 1 fully saturated rings. The second-order valence-electron chi connectivity index (χ2n) is 7.30. The number of rotatable bonds is 5. The molecule has 3 N–H and O–H groups in total. The highest BCUT2D eigenvalue weighted by Gasteiger charge is 2.27. The Morgan fingerprint density at radius 1 is 1.34 bits per heavy atom. The van der Waals surface area contributed by atoms with Crippen LogP contribution in [0.15, 0.2) is 41.6 Å². The molecule has 0 radical (unpaired) electrons. The summed E-state index contributed by atoms with van der Waals surface area (Å²) in [6.45, 7) is 4.54. The van der Waals surface area contributed by atoms with Crippen LogP contribution in [0.2, 0.25) is 0 Å². The average molecular weight is 414 g/mol. The van der Waals surface area contributed by atoms with E-state index in [1.165, 1.54) is 0 Å². The normalized spacial score (nSPS) is 20.1. The zero-order valence-corrected chi connectivity index (χ0v) is 17.1. The summed E-state index contributed by atoms with van der Waals surface area (Å²) >= 11 is 0. The maximum Gasteiger partial charge on any atom is 0.237 e. The number of nitrogens with one attached hydrogen (secondary N) is 2. The number of amides is 1. The molecular formula is C20H23N5O3S. The fraction of sp³-hybridized carbons (Fsp3) is 0.350. The van der Waals surface area contributed by atoms with Crippen LogP contribution in [0, 0.1) is 13.8 Å². The summed E-state index contributed by atoms with van der Waals surface area (Å²) in [6, 6.07) is 7.16. The lowest BCUT2D eigenvalue weighted by molar-refractivity contribution is -0.123. The van der Waals surface area contributed by atoms with Crippen molar-refractivity contribution < 1.29 is 14.1 Å². The van der Waals surface area contributed by atoms with Gasteiger partial charge in [-0.3, -0.25) is 4.79 Å². The Labute approximate surface area is 171 Å². The zero-order valence-electron chi connectivity index (χ0n) is 16.3. The first-order valence-electron chi connectivity index (χ1n) is 9.44. The molecule has 3 atom stereocenters. The average Bonchev–Trinajstić information content (AvgIpc) is 3.30. The van der Waals surface area contributed by atoms with Gasteiger partial charge < -0.3 is 15.7 Å². The number of hydrogen-bond acceptors (Lipinski definition) is 6. The van der Waals surface area contributed by atoms with E-state index in [0.29, 0.717) is 34.7 Å². The summed E-state index contributed by atoms with van der Waals surface area (Å²) < 4.78 is 14.6. The molecule has 1 aliphatic rings. The predicted molar refractivity (Wildman–Crippen MR) is 110 cm³/mol. The summed E-state index contributed by atoms with van der Waals surface area (Å²) in [6.07, 6.45) is 3.29. The third-order valence-corrected chi connectivity index (χ3v) is 6.28. The largest absolute Gasteiger partial charge is 0.392 e. The van der Waals surface area contributed by atoms with Gasteiger partial charge in [0.1, 0.15) is 5.52 Å². The molecule has 0 spiro atoms. The molecule has 0 aliphatic carbocycles. The van der Waals surface area contributed by atoms with E-state index in [4.69, 9.17) is 0 Å². The van der Waals surface area contributed by atoms with Crippen molar-refractivity contribution in [2.75, 3.05) is 6.54 Å². The van der Waals surface area contributed by atoms with Crippen LogP contribution in [-0.2, 0) is 22.3 Å². The van der Waals surface area contributed by atoms with Crippen molar-refractivity contribution in [1.29, 1.82) is 0 Å². The summed E-state index contributed by atoms with van der Waals surface area (Å²) in [7, 11) is -1.42. The van der Waals surface area contributed by atoms with E-state index in [9.17, 15) is 14.1 Å². The maximum absolute atomic E-state index is 13.0. The Balaban J connectivity index is 1.53. The van der Waals surface area contributed by atoms with Gasteiger partial charge in [0.05, 0.1) is 35.5 Å². The lowest BCUT2D eigenvalue weighted by Gasteiger charge is -2.10. The van der Waals surface area contributed by atoms with Gasteiger partial charge in [0, 0.05) is 12.7 Å². The fourth-order valence-corrected chi connectivity index (χ4v) is 4.48. The number of nitrogens with zero attached hydrogens (tertiary/aromatic N) is 3. The molecule has 2 aromatic heterocycles. The van der Waals surface area contributed by atoms with Crippen LogP contribution in [0.25, 0.3) is 11.2 Å². The number of carbonyl (C=O) groups is 1. The standard InChI is InChI=1S/C20H23N5O3S/c1-12-3-5-16(6-4-12)29(28)25-11-13(2)18-19(25)22-8-14(24-18)9-23-20(27)17-7-15(26)10-21-17/h3-6,8,11,15,17,21,26H,7,9-10H2,1-2H3,(H,23,27). The molecular weight excluding hydrogens is 390 g/mol. The molecule has 0 bridgehead atoms. The second-order valence-corrected chi connectivity index (χ2v) is 8.66. The minimum absolute atomic E-state index is 0.168. The van der Waals surface area contributed by atoms with Crippen LogP contribution in [-0.4, -0.2) is 47.9 Å². The molecule has 3 heterocycles. The van der Waals surface area contributed by atoms with E-state index in [1.54, 1.807) is 16.4 Å². The lowest BCUT2D eigenvalue weighted by Crippen LogP contribution is -2.40. The first-order chi connectivity index (χ1) is 13.9. The van der Waals surface area contributed by atoms with Crippen LogP contribution < -0.4 is 10.6 Å². The maximum atomic E-state index is 13.0. The molecule has 152 valence electrons. The minimum atomic E-state index is -1.42. The van der Waals surface area contributed by atoms with Crippen molar-refractivity contribution >= 4 is 28.1 Å². The molecule has 3 unspecified atom stereocenters. The molecule has 0 saturated carbocycles. The summed E-state index contributed by atoms with van der Waals surface area (Å²) in [5, 5.41) is 15.3. The monoisotopic (exact) mass is 413 g/mol. The van der Waals surface area contributed by atoms with E-state index < -0.39 is 17.1 Å². The molecule has 9 heteroatoms. The Hall–Kier alpha value is -2.62. The van der Waals surface area contributed by atoms with Crippen LogP contribution in [0.4, 0.5) is 0 Å². The number of aromatic nitrogens is 3. The molecule has 1 saturated heterocycles. The number of aryl methyl sites for hydroxylation is 2. The molecule has 1 amide bonds. The van der Waals surface area contributed by atoms with Crippen LogP contribution in [0.3, 0.4) is 0 Å². The highest BCUT2D eigenvalue weighted by Crippen LogP contribution is 2.21. The van der Waals surface area contributed by atoms with Gasteiger partial charge in [-0.1, -0.05) is 17.7 Å². The minimum Gasteiger partial charge on any atom is -0.392 e. The predicted octanol–water partition coefficient (Wildman–Crippen LogP) is 0.958. The molecule has 1 aliphatic heterocycles. The quantitative estimate of drug-likeness (QED) is 0.575. The van der Waals surface area contributed by atoms with Crippen molar-refractivity contribution in [2.45, 2.75) is 43.9 Å². The molecule has 1 aromatic carbocycles. The lowest BCUT2D eigenvalue weighted by atomic mass is 10.2. The van der Waals surface area contributed by atoms with Gasteiger partial charge in [0.15, 0.2) is 16.6 Å². The Morgan fingerprint density at radius 3 is 2.79 bits per heavy atom. The summed E-state index contributed by atoms with van der Waals surface area (Å²) in [4.78, 5) is 21.9. The van der Waals surface area contributed by atoms with Crippen molar-refractivity contribution in [1.82, 2.24) is 24.6 Å². The van der Waals surface area contributed by atoms with Crippen LogP contribution in [0.1, 0.15) is 23.2 Å². The van der Waals surface area contributed by atoms with E-state index in [2.05, 4.69) is 20.6 Å². The first-order valence-corrected chi connectivity index (χ1v) is 10.5. The third kappa shape index (κ3) is 4.07. The topological polar surface area (TPSA) is 109 Å². The number of benzene rings is 1. The number of fused-ring (bicyclic) bond motifs is 1. The van der Waals surface area contributed by atoms with Crippen LogP contribution >= 0.6 is 0 Å². The first kappa shape index (κ1) is 19.7. The Morgan fingerprint density at radius 2 is 2.10 bits per heavy atom. The van der Waals surface area contributed by atoms with E-state index in [-0.39, 0.29) is 18.5 Å². The van der Waals surface area contributed by atoms with Crippen molar-refractivity contribution in [3.8, 4) is 0 Å². The second kappa shape index (κ2) is 8.02.